The molecule has 2 unspecified atom stereocenters. The van der Waals surface area contributed by atoms with Crippen molar-refractivity contribution < 1.29 is 9.53 Å². The Kier molecular flexibility index (Phi) is 5.56. The second-order valence-corrected chi connectivity index (χ2v) is 5.31. The number of hydrogen-bond acceptors (Lipinski definition) is 3. The highest BCUT2D eigenvalue weighted by Gasteiger charge is 2.18. The standard InChI is InChI=1S/C16H24N2O2/c1-3-13-4-6-14(7-5-13)12(2)18-16(19)10-15-11-20-9-8-17-15/h4-7,12,15,17H,3,8-11H2,1-2H3,(H,18,19). The SMILES string of the molecule is CCc1ccc(C(C)NC(=O)CC2COCCN2)cc1. The molecule has 0 saturated carbocycles. The van der Waals surface area contributed by atoms with Gasteiger partial charge in [0.2, 0.25) is 5.91 Å². The van der Waals surface area contributed by atoms with E-state index in [9.17, 15) is 4.79 Å². The van der Waals surface area contributed by atoms with Crippen molar-refractivity contribution in [3.63, 3.8) is 0 Å². The Morgan fingerprint density at radius 2 is 2.20 bits per heavy atom. The second kappa shape index (κ2) is 7.41. The van der Waals surface area contributed by atoms with Crippen molar-refractivity contribution in [2.45, 2.75) is 38.8 Å². The highest BCUT2D eigenvalue weighted by Crippen LogP contribution is 2.14. The molecule has 2 atom stereocenters. The molecule has 20 heavy (non-hydrogen) atoms. The van der Waals surface area contributed by atoms with Crippen LogP contribution in [0, 0.1) is 0 Å². The van der Waals surface area contributed by atoms with E-state index in [1.165, 1.54) is 5.56 Å². The van der Waals surface area contributed by atoms with Crippen LogP contribution in [0.25, 0.3) is 0 Å². The van der Waals surface area contributed by atoms with Crippen molar-refractivity contribution >= 4 is 5.91 Å². The van der Waals surface area contributed by atoms with Gasteiger partial charge in [-0.15, -0.1) is 0 Å². The molecule has 4 heteroatoms. The second-order valence-electron chi connectivity index (χ2n) is 5.31. The Bertz CT molecular complexity index is 425. The third kappa shape index (κ3) is 4.32. The van der Waals surface area contributed by atoms with Crippen LogP contribution in [-0.4, -0.2) is 31.7 Å². The molecule has 0 spiro atoms. The van der Waals surface area contributed by atoms with Gasteiger partial charge in [0, 0.05) is 19.0 Å². The molecule has 1 fully saturated rings. The number of morpholine rings is 1. The number of carbonyl (C=O) groups excluding carboxylic acids is 1. The van der Waals surface area contributed by atoms with E-state index in [1.807, 2.05) is 6.92 Å². The Morgan fingerprint density at radius 1 is 1.45 bits per heavy atom. The summed E-state index contributed by atoms with van der Waals surface area (Å²) in [5.74, 6) is 0.0695. The van der Waals surface area contributed by atoms with Gasteiger partial charge in [0.1, 0.15) is 0 Å². The van der Waals surface area contributed by atoms with Crippen molar-refractivity contribution in [2.24, 2.45) is 0 Å². The van der Waals surface area contributed by atoms with Crippen LogP contribution >= 0.6 is 0 Å². The van der Waals surface area contributed by atoms with Gasteiger partial charge in [0.05, 0.1) is 19.3 Å². The summed E-state index contributed by atoms with van der Waals surface area (Å²) in [5.41, 5.74) is 2.46. The largest absolute Gasteiger partial charge is 0.378 e. The molecule has 1 saturated heterocycles. The Balaban J connectivity index is 1.82. The molecule has 1 aromatic rings. The van der Waals surface area contributed by atoms with Crippen molar-refractivity contribution in [3.05, 3.63) is 35.4 Å². The molecule has 110 valence electrons. The smallest absolute Gasteiger partial charge is 0.222 e. The first-order valence-corrected chi connectivity index (χ1v) is 7.38. The summed E-state index contributed by atoms with van der Waals surface area (Å²) in [7, 11) is 0. The molecule has 0 aliphatic carbocycles. The van der Waals surface area contributed by atoms with Crippen LogP contribution in [0.5, 0.6) is 0 Å². The van der Waals surface area contributed by atoms with Crippen molar-refractivity contribution in [1.29, 1.82) is 0 Å². The van der Waals surface area contributed by atoms with E-state index in [0.717, 1.165) is 25.1 Å². The van der Waals surface area contributed by atoms with Crippen LogP contribution in [0.15, 0.2) is 24.3 Å². The maximum atomic E-state index is 12.0. The molecule has 1 aromatic carbocycles. The van der Waals surface area contributed by atoms with Gasteiger partial charge in [-0.25, -0.2) is 0 Å². The lowest BCUT2D eigenvalue weighted by atomic mass is 10.0. The van der Waals surface area contributed by atoms with Crippen LogP contribution in [0.1, 0.15) is 37.4 Å². The van der Waals surface area contributed by atoms with Crippen molar-refractivity contribution in [2.75, 3.05) is 19.8 Å². The van der Waals surface area contributed by atoms with E-state index in [1.54, 1.807) is 0 Å². The van der Waals surface area contributed by atoms with E-state index in [4.69, 9.17) is 4.74 Å². The van der Waals surface area contributed by atoms with Crippen LogP contribution in [0.3, 0.4) is 0 Å². The summed E-state index contributed by atoms with van der Waals surface area (Å²) in [4.78, 5) is 12.0. The first-order valence-electron chi connectivity index (χ1n) is 7.38. The summed E-state index contributed by atoms with van der Waals surface area (Å²) >= 11 is 0. The molecule has 0 radical (unpaired) electrons. The van der Waals surface area contributed by atoms with Gasteiger partial charge >= 0.3 is 0 Å². The predicted molar refractivity (Wildman–Crippen MR) is 79.6 cm³/mol. The van der Waals surface area contributed by atoms with Gasteiger partial charge in [-0.05, 0) is 24.5 Å². The minimum Gasteiger partial charge on any atom is -0.378 e. The van der Waals surface area contributed by atoms with Crippen LogP contribution in [0.4, 0.5) is 0 Å². The lowest BCUT2D eigenvalue weighted by Crippen LogP contribution is -2.44. The lowest BCUT2D eigenvalue weighted by Gasteiger charge is -2.24. The number of aryl methyl sites for hydroxylation is 1. The normalized spacial score (nSPS) is 20.4. The van der Waals surface area contributed by atoms with Gasteiger partial charge < -0.3 is 15.4 Å². The predicted octanol–water partition coefficient (Wildman–Crippen LogP) is 1.80. The van der Waals surface area contributed by atoms with Crippen LogP contribution in [0.2, 0.25) is 0 Å². The van der Waals surface area contributed by atoms with Crippen molar-refractivity contribution in [3.8, 4) is 0 Å². The van der Waals surface area contributed by atoms with Gasteiger partial charge in [0.15, 0.2) is 0 Å². The molecule has 4 nitrogen and oxygen atoms in total. The summed E-state index contributed by atoms with van der Waals surface area (Å²) in [6.07, 6.45) is 1.51. The zero-order valence-electron chi connectivity index (χ0n) is 12.3. The summed E-state index contributed by atoms with van der Waals surface area (Å²) in [6, 6.07) is 8.59. The maximum Gasteiger partial charge on any atom is 0.222 e. The molecular weight excluding hydrogens is 252 g/mol. The van der Waals surface area contributed by atoms with E-state index in [0.29, 0.717) is 13.0 Å². The monoisotopic (exact) mass is 276 g/mol. The van der Waals surface area contributed by atoms with Gasteiger partial charge in [0.25, 0.3) is 0 Å². The Hall–Kier alpha value is -1.39. The van der Waals surface area contributed by atoms with Crippen molar-refractivity contribution in [1.82, 2.24) is 10.6 Å². The minimum atomic E-state index is 0.0397. The van der Waals surface area contributed by atoms with Crippen LogP contribution < -0.4 is 10.6 Å². The Labute approximate surface area is 120 Å². The minimum absolute atomic E-state index is 0.0397. The third-order valence-electron chi connectivity index (χ3n) is 3.70. The molecule has 2 N–H and O–H groups in total. The number of benzene rings is 1. The molecule has 1 aliphatic rings. The third-order valence-corrected chi connectivity index (χ3v) is 3.70. The lowest BCUT2D eigenvalue weighted by molar-refractivity contribution is -0.122. The zero-order chi connectivity index (χ0) is 14.4. The fourth-order valence-corrected chi connectivity index (χ4v) is 2.40. The molecule has 0 bridgehead atoms. The highest BCUT2D eigenvalue weighted by atomic mass is 16.5. The first-order chi connectivity index (χ1) is 9.69. The average molecular weight is 276 g/mol. The molecular formula is C16H24N2O2. The number of rotatable bonds is 5. The number of nitrogens with one attached hydrogen (secondary N) is 2. The van der Waals surface area contributed by atoms with Gasteiger partial charge in [-0.1, -0.05) is 31.2 Å². The van der Waals surface area contributed by atoms with E-state index in [2.05, 4.69) is 41.8 Å². The highest BCUT2D eigenvalue weighted by molar-refractivity contribution is 5.77. The zero-order valence-corrected chi connectivity index (χ0v) is 12.3. The van der Waals surface area contributed by atoms with Gasteiger partial charge in [-0.2, -0.15) is 0 Å². The van der Waals surface area contributed by atoms with E-state index >= 15 is 0 Å². The number of hydrogen-bond donors (Lipinski definition) is 2. The molecule has 1 amide bonds. The number of carbonyl (C=O) groups is 1. The molecule has 2 rings (SSSR count). The van der Waals surface area contributed by atoms with Gasteiger partial charge in [-0.3, -0.25) is 4.79 Å². The molecule has 0 aromatic heterocycles. The summed E-state index contributed by atoms with van der Waals surface area (Å²) in [6.45, 7) is 6.33. The number of ether oxygens (including phenoxy) is 1. The summed E-state index contributed by atoms with van der Waals surface area (Å²) < 4.78 is 5.36. The maximum absolute atomic E-state index is 12.0. The van der Waals surface area contributed by atoms with E-state index < -0.39 is 0 Å². The average Bonchev–Trinajstić information content (AvgIpc) is 2.48. The topological polar surface area (TPSA) is 50.4 Å². The quantitative estimate of drug-likeness (QED) is 0.862. The fourth-order valence-electron chi connectivity index (χ4n) is 2.40. The molecule has 1 aliphatic heterocycles. The van der Waals surface area contributed by atoms with Crippen LogP contribution in [-0.2, 0) is 16.0 Å². The fraction of sp³-hybridized carbons (Fsp3) is 0.562. The Morgan fingerprint density at radius 3 is 2.80 bits per heavy atom. The van der Waals surface area contributed by atoms with E-state index in [-0.39, 0.29) is 18.0 Å². The molecule has 1 heterocycles. The number of amides is 1. The first kappa shape index (κ1) is 15.0. The summed E-state index contributed by atoms with van der Waals surface area (Å²) in [5, 5.41) is 6.34.